The van der Waals surface area contributed by atoms with Gasteiger partial charge in [-0.15, -0.1) is 0 Å². The van der Waals surface area contributed by atoms with Crippen LogP contribution in [0.4, 0.5) is 0 Å². The minimum Gasteiger partial charge on any atom is -0.422 e. The molecule has 0 spiro atoms. The lowest BCUT2D eigenvalue weighted by molar-refractivity contribution is -0.118. The van der Waals surface area contributed by atoms with Crippen LogP contribution in [0, 0.1) is 0 Å². The molecule has 2 atom stereocenters. The number of carbonyl (C=O) groups excluding carboxylic acids is 1. The molecule has 4 nitrogen and oxygen atoms in total. The number of Topliss-reactive ketones (excluding diaryl/α,β-unsaturated/α-hetero) is 1. The molecule has 1 unspecified atom stereocenters. The van der Waals surface area contributed by atoms with E-state index in [9.17, 15) is 9.36 Å². The minimum atomic E-state index is -3.66. The van der Waals surface area contributed by atoms with Gasteiger partial charge in [-0.1, -0.05) is 48.5 Å². The van der Waals surface area contributed by atoms with E-state index in [1.165, 1.54) is 6.92 Å². The largest absolute Gasteiger partial charge is 0.422 e. The zero-order chi connectivity index (χ0) is 16.0. The summed E-state index contributed by atoms with van der Waals surface area (Å²) in [6.07, 6.45) is 0.394. The van der Waals surface area contributed by atoms with E-state index >= 15 is 0 Å². The molecule has 6 heteroatoms. The number of rotatable bonds is 7. The Labute approximate surface area is 134 Å². The highest BCUT2D eigenvalue weighted by atomic mass is 35.7. The Balaban J connectivity index is 2.06. The van der Waals surface area contributed by atoms with Crippen molar-refractivity contribution in [2.45, 2.75) is 19.4 Å². The second-order valence-corrected chi connectivity index (χ2v) is 7.60. The number of para-hydroxylation sites is 1. The summed E-state index contributed by atoms with van der Waals surface area (Å²) in [7, 11) is 0. The third kappa shape index (κ3) is 5.30. The fraction of sp³-hybridized carbons (Fsp3) is 0.188. The van der Waals surface area contributed by atoms with Crippen molar-refractivity contribution in [3.63, 3.8) is 0 Å². The number of hydrogen-bond donors (Lipinski definition) is 1. The minimum absolute atomic E-state index is 0.151. The molecule has 0 aliphatic heterocycles. The molecule has 2 aromatic rings. The second-order valence-electron chi connectivity index (χ2n) is 4.87. The molecule has 0 aromatic heterocycles. The highest BCUT2D eigenvalue weighted by Crippen LogP contribution is 2.48. The monoisotopic (exact) mass is 337 g/mol. The first-order valence-electron chi connectivity index (χ1n) is 6.83. The molecule has 0 bridgehead atoms. The fourth-order valence-electron chi connectivity index (χ4n) is 1.96. The van der Waals surface area contributed by atoms with E-state index in [1.807, 2.05) is 36.4 Å². The molecule has 0 saturated carbocycles. The van der Waals surface area contributed by atoms with Crippen LogP contribution in [0.2, 0.25) is 0 Å². The van der Waals surface area contributed by atoms with Crippen LogP contribution >= 0.6 is 18.1 Å². The molecular weight excluding hydrogens is 321 g/mol. The molecule has 0 radical (unpaired) electrons. The number of ketones is 1. The number of nitrogens with one attached hydrogen (secondary N) is 1. The summed E-state index contributed by atoms with van der Waals surface area (Å²) in [5.41, 5.74) is 0.951. The maximum absolute atomic E-state index is 12.4. The van der Waals surface area contributed by atoms with Crippen molar-refractivity contribution in [1.82, 2.24) is 5.09 Å². The lowest BCUT2D eigenvalue weighted by atomic mass is 10.0. The van der Waals surface area contributed by atoms with Crippen LogP contribution in [0.3, 0.4) is 0 Å². The Kier molecular flexibility index (Phi) is 5.78. The van der Waals surface area contributed by atoms with E-state index in [2.05, 4.69) is 5.09 Å². The molecule has 0 fully saturated rings. The van der Waals surface area contributed by atoms with Gasteiger partial charge in [-0.3, -0.25) is 4.79 Å². The van der Waals surface area contributed by atoms with Crippen molar-refractivity contribution < 1.29 is 13.9 Å². The third-order valence-corrected chi connectivity index (χ3v) is 4.61. The lowest BCUT2D eigenvalue weighted by Crippen LogP contribution is -2.35. The highest BCUT2D eigenvalue weighted by Gasteiger charge is 2.28. The van der Waals surface area contributed by atoms with Gasteiger partial charge in [0.25, 0.3) is 0 Å². The van der Waals surface area contributed by atoms with Gasteiger partial charge in [-0.25, -0.2) is 9.65 Å². The van der Waals surface area contributed by atoms with Crippen LogP contribution in [0.25, 0.3) is 0 Å². The van der Waals surface area contributed by atoms with E-state index in [0.29, 0.717) is 12.2 Å². The summed E-state index contributed by atoms with van der Waals surface area (Å²) < 4.78 is 17.6. The molecule has 22 heavy (non-hydrogen) atoms. The van der Waals surface area contributed by atoms with Gasteiger partial charge in [-0.2, -0.15) is 0 Å². The third-order valence-electron chi connectivity index (χ3n) is 3.05. The number of halogens is 1. The molecule has 0 saturated heterocycles. The molecular formula is C16H17ClNO3P. The van der Waals surface area contributed by atoms with Gasteiger partial charge in [0, 0.05) is 11.2 Å². The van der Waals surface area contributed by atoms with E-state index in [0.717, 1.165) is 5.56 Å². The van der Waals surface area contributed by atoms with E-state index in [4.69, 9.17) is 15.8 Å². The summed E-state index contributed by atoms with van der Waals surface area (Å²) >= 11 is 5.95. The Hall–Kier alpha value is -1.61. The van der Waals surface area contributed by atoms with Gasteiger partial charge in [0.05, 0.1) is 6.04 Å². The Morgan fingerprint density at radius 2 is 1.68 bits per heavy atom. The highest BCUT2D eigenvalue weighted by molar-refractivity contribution is 7.84. The zero-order valence-electron chi connectivity index (χ0n) is 12.1. The van der Waals surface area contributed by atoms with Gasteiger partial charge in [-0.05, 0) is 31.0 Å². The number of carbonyl (C=O) groups is 1. The van der Waals surface area contributed by atoms with Gasteiger partial charge in [0.1, 0.15) is 11.5 Å². The van der Waals surface area contributed by atoms with Crippen molar-refractivity contribution in [2.75, 3.05) is 0 Å². The molecule has 2 aromatic carbocycles. The topological polar surface area (TPSA) is 55.4 Å². The van der Waals surface area contributed by atoms with Crippen molar-refractivity contribution >= 4 is 23.9 Å². The van der Waals surface area contributed by atoms with Crippen molar-refractivity contribution in [2.24, 2.45) is 0 Å². The van der Waals surface area contributed by atoms with Gasteiger partial charge in [0.15, 0.2) is 0 Å². The first kappa shape index (κ1) is 16.8. The molecule has 0 heterocycles. The van der Waals surface area contributed by atoms with Crippen molar-refractivity contribution in [3.8, 4) is 5.75 Å². The average Bonchev–Trinajstić information content (AvgIpc) is 2.48. The molecule has 0 amide bonds. The van der Waals surface area contributed by atoms with E-state index < -0.39 is 12.9 Å². The van der Waals surface area contributed by atoms with Crippen LogP contribution in [0.15, 0.2) is 60.7 Å². The molecule has 0 aliphatic carbocycles. The second kappa shape index (κ2) is 7.59. The predicted molar refractivity (Wildman–Crippen MR) is 88.3 cm³/mol. The fourth-order valence-corrected chi connectivity index (χ4v) is 3.64. The molecule has 116 valence electrons. The first-order valence-corrected chi connectivity index (χ1v) is 9.36. The van der Waals surface area contributed by atoms with Crippen LogP contribution in [-0.2, 0) is 15.8 Å². The summed E-state index contributed by atoms with van der Waals surface area (Å²) in [6, 6.07) is 17.4. The first-order chi connectivity index (χ1) is 10.5. The molecule has 1 N–H and O–H groups in total. The Morgan fingerprint density at radius 3 is 2.23 bits per heavy atom. The molecule has 0 aliphatic rings. The summed E-state index contributed by atoms with van der Waals surface area (Å²) in [5, 5.41) is 2.64. The van der Waals surface area contributed by atoms with E-state index in [-0.39, 0.29) is 5.78 Å². The Morgan fingerprint density at radius 1 is 1.14 bits per heavy atom. The van der Waals surface area contributed by atoms with Crippen LogP contribution in [0.1, 0.15) is 12.5 Å². The molecule has 2 rings (SSSR count). The zero-order valence-corrected chi connectivity index (χ0v) is 13.8. The van der Waals surface area contributed by atoms with Crippen molar-refractivity contribution in [3.05, 3.63) is 66.2 Å². The standard InChI is InChI=1S/C16H17ClNO3P/c1-13(19)16(12-14-8-4-2-5-9-14)18-22(17,20)21-15-10-6-3-7-11-15/h2-11,16H,12H2,1H3,(H,18,20)/t16-,22?/m0/s1. The number of benzene rings is 2. The van der Waals surface area contributed by atoms with Crippen molar-refractivity contribution in [1.29, 1.82) is 0 Å². The predicted octanol–water partition coefficient (Wildman–Crippen LogP) is 4.20. The van der Waals surface area contributed by atoms with E-state index in [1.54, 1.807) is 24.3 Å². The smallest absolute Gasteiger partial charge is 0.409 e. The normalized spacial score (nSPS) is 14.8. The van der Waals surface area contributed by atoms with Gasteiger partial charge in [0.2, 0.25) is 0 Å². The van der Waals surface area contributed by atoms with Crippen LogP contribution < -0.4 is 9.61 Å². The maximum atomic E-state index is 12.4. The van der Waals surface area contributed by atoms with Crippen LogP contribution in [-0.4, -0.2) is 11.8 Å². The summed E-state index contributed by atoms with van der Waals surface area (Å²) in [4.78, 5) is 11.8. The van der Waals surface area contributed by atoms with Gasteiger partial charge >= 0.3 is 6.87 Å². The maximum Gasteiger partial charge on any atom is 0.409 e. The quantitative estimate of drug-likeness (QED) is 0.769. The summed E-state index contributed by atoms with van der Waals surface area (Å²) in [6.45, 7) is -2.23. The lowest BCUT2D eigenvalue weighted by Gasteiger charge is -2.20. The number of hydrogen-bond acceptors (Lipinski definition) is 3. The van der Waals surface area contributed by atoms with Gasteiger partial charge < -0.3 is 4.52 Å². The average molecular weight is 338 g/mol. The summed E-state index contributed by atoms with van der Waals surface area (Å²) in [5.74, 6) is 0.233. The van der Waals surface area contributed by atoms with Crippen LogP contribution in [0.5, 0.6) is 5.75 Å². The Bertz CT molecular complexity index is 664. The SMILES string of the molecule is CC(=O)[C@H](Cc1ccccc1)NP(=O)(Cl)Oc1ccccc1.